The third kappa shape index (κ3) is 4.78. The number of nitrogens with zero attached hydrogens (tertiary/aromatic N) is 1. The summed E-state index contributed by atoms with van der Waals surface area (Å²) in [5.74, 6) is -3.14. The van der Waals surface area contributed by atoms with Gasteiger partial charge >= 0.3 is 0 Å². The van der Waals surface area contributed by atoms with E-state index in [-0.39, 0.29) is 11.3 Å². The minimum atomic E-state index is -2.38. The second-order valence-corrected chi connectivity index (χ2v) is 8.94. The topological polar surface area (TPSA) is 79.6 Å². The van der Waals surface area contributed by atoms with Gasteiger partial charge in [-0.3, -0.25) is 19.3 Å². The van der Waals surface area contributed by atoms with Gasteiger partial charge in [0.1, 0.15) is 23.0 Å². The maximum absolute atomic E-state index is 14.0. The van der Waals surface area contributed by atoms with Gasteiger partial charge in [0.05, 0.1) is 7.41 Å². The highest BCUT2D eigenvalue weighted by molar-refractivity contribution is 6.41. The highest BCUT2D eigenvalue weighted by Gasteiger charge is 2.35. The fourth-order valence-corrected chi connectivity index (χ4v) is 4.42. The maximum Gasteiger partial charge on any atom is 0.295 e. The minimum absolute atomic E-state index is 0.144. The standard InChI is InChI=1S/C31H25FN2O4/c1-19(21-12-14-23(32)15-13-21)33-30(36)29(22-8-4-3-5-9-22)34(31(37)20(2)35)24-16-17-26-25-10-6-7-11-27(25)38-28(26)18-24/h3-19,29H,1-2H3,(H,33,36)/t19-,29+/m0/s1/i29D. The molecule has 2 amide bonds. The van der Waals surface area contributed by atoms with Gasteiger partial charge in [0.2, 0.25) is 11.7 Å². The first-order valence-electron chi connectivity index (χ1n) is 12.6. The van der Waals surface area contributed by atoms with Gasteiger partial charge in [-0.25, -0.2) is 4.39 Å². The zero-order valence-electron chi connectivity index (χ0n) is 21.8. The first-order valence-corrected chi connectivity index (χ1v) is 12.1. The molecule has 0 saturated heterocycles. The molecule has 1 heterocycles. The summed E-state index contributed by atoms with van der Waals surface area (Å²) in [6.07, 6.45) is 0. The molecule has 5 aromatic rings. The lowest BCUT2D eigenvalue weighted by Gasteiger charge is -2.31. The van der Waals surface area contributed by atoms with Crippen molar-refractivity contribution in [1.29, 1.82) is 0 Å². The molecular formula is C31H25FN2O4. The van der Waals surface area contributed by atoms with E-state index in [9.17, 15) is 20.1 Å². The first-order chi connectivity index (χ1) is 18.7. The molecule has 5 rings (SSSR count). The summed E-state index contributed by atoms with van der Waals surface area (Å²) in [6, 6.07) is 23.1. The van der Waals surface area contributed by atoms with Crippen molar-refractivity contribution in [2.24, 2.45) is 0 Å². The SMILES string of the molecule is [2H][C@](C(=O)N[C@@H](C)c1ccc(F)cc1)(c1ccccc1)N(C(=O)C(C)=O)c1ccc2c(c1)oc1ccccc12. The number of anilines is 1. The van der Waals surface area contributed by atoms with E-state index in [0.717, 1.165) is 22.6 Å². The Morgan fingerprint density at radius 3 is 2.21 bits per heavy atom. The molecule has 38 heavy (non-hydrogen) atoms. The zero-order chi connectivity index (χ0) is 27.7. The van der Waals surface area contributed by atoms with E-state index in [1.54, 1.807) is 55.5 Å². The van der Waals surface area contributed by atoms with Crippen molar-refractivity contribution >= 4 is 45.2 Å². The summed E-state index contributed by atoms with van der Waals surface area (Å²) in [4.78, 5) is 40.8. The van der Waals surface area contributed by atoms with E-state index in [4.69, 9.17) is 4.42 Å². The molecule has 190 valence electrons. The number of rotatable bonds is 7. The van der Waals surface area contributed by atoms with Crippen LogP contribution in [0.5, 0.6) is 0 Å². The number of nitrogens with one attached hydrogen (secondary N) is 1. The molecule has 0 saturated carbocycles. The van der Waals surface area contributed by atoms with Gasteiger partial charge in [-0.05, 0) is 48.4 Å². The largest absolute Gasteiger partial charge is 0.456 e. The number of halogens is 1. The second-order valence-electron chi connectivity index (χ2n) is 8.94. The molecule has 0 aliphatic carbocycles. The number of furan rings is 1. The average Bonchev–Trinajstić information content (AvgIpc) is 3.31. The first kappa shape index (κ1) is 23.6. The predicted molar refractivity (Wildman–Crippen MR) is 144 cm³/mol. The Kier molecular flexibility index (Phi) is 6.40. The minimum Gasteiger partial charge on any atom is -0.456 e. The van der Waals surface area contributed by atoms with Crippen LogP contribution in [-0.4, -0.2) is 17.6 Å². The molecule has 6 nitrogen and oxygen atoms in total. The Morgan fingerprint density at radius 1 is 0.842 bits per heavy atom. The van der Waals surface area contributed by atoms with Crippen LogP contribution in [0, 0.1) is 5.82 Å². The van der Waals surface area contributed by atoms with Crippen molar-refractivity contribution in [3.8, 4) is 0 Å². The molecule has 4 aromatic carbocycles. The normalized spacial score (nSPS) is 13.9. The Hall–Kier alpha value is -4.78. The van der Waals surface area contributed by atoms with Crippen LogP contribution in [0.25, 0.3) is 21.9 Å². The zero-order valence-corrected chi connectivity index (χ0v) is 20.8. The average molecular weight is 510 g/mol. The molecule has 2 atom stereocenters. The molecular weight excluding hydrogens is 483 g/mol. The van der Waals surface area contributed by atoms with E-state index in [2.05, 4.69) is 5.32 Å². The lowest BCUT2D eigenvalue weighted by molar-refractivity contribution is -0.136. The third-order valence-electron chi connectivity index (χ3n) is 6.33. The Balaban J connectivity index is 1.65. The van der Waals surface area contributed by atoms with Crippen molar-refractivity contribution in [1.82, 2.24) is 5.32 Å². The highest BCUT2D eigenvalue weighted by Crippen LogP contribution is 2.35. The Morgan fingerprint density at radius 2 is 1.50 bits per heavy atom. The van der Waals surface area contributed by atoms with Gasteiger partial charge in [-0.15, -0.1) is 0 Å². The monoisotopic (exact) mass is 509 g/mol. The summed E-state index contributed by atoms with van der Waals surface area (Å²) >= 11 is 0. The second kappa shape index (κ2) is 10.3. The van der Waals surface area contributed by atoms with Crippen LogP contribution in [0.15, 0.2) is 101 Å². The fourth-order valence-electron chi connectivity index (χ4n) is 4.42. The highest BCUT2D eigenvalue weighted by atomic mass is 19.1. The van der Waals surface area contributed by atoms with E-state index < -0.39 is 35.5 Å². The van der Waals surface area contributed by atoms with Crippen LogP contribution < -0.4 is 10.2 Å². The molecule has 0 spiro atoms. The van der Waals surface area contributed by atoms with Gasteiger partial charge in [0.15, 0.2) is 0 Å². The number of ketones is 1. The van der Waals surface area contributed by atoms with Gasteiger partial charge < -0.3 is 9.73 Å². The maximum atomic E-state index is 14.0. The summed E-state index contributed by atoms with van der Waals surface area (Å²) in [5, 5.41) is 4.44. The number of carbonyl (C=O) groups is 3. The van der Waals surface area contributed by atoms with Crippen LogP contribution in [0.1, 0.15) is 38.4 Å². The third-order valence-corrected chi connectivity index (χ3v) is 6.33. The van der Waals surface area contributed by atoms with Crippen LogP contribution >= 0.6 is 0 Å². The van der Waals surface area contributed by atoms with Crippen molar-refractivity contribution in [3.63, 3.8) is 0 Å². The summed E-state index contributed by atoms with van der Waals surface area (Å²) < 4.78 is 29.0. The number of amides is 2. The fraction of sp³-hybridized carbons (Fsp3) is 0.129. The lowest BCUT2D eigenvalue weighted by atomic mass is 10.0. The smallest absolute Gasteiger partial charge is 0.295 e. The number of fused-ring (bicyclic) bond motifs is 3. The van der Waals surface area contributed by atoms with Crippen molar-refractivity contribution < 1.29 is 24.6 Å². The Bertz CT molecular complexity index is 1700. The number of hydrogen-bond acceptors (Lipinski definition) is 4. The summed E-state index contributed by atoms with van der Waals surface area (Å²) in [7, 11) is 0. The predicted octanol–water partition coefficient (Wildman–Crippen LogP) is 6.27. The summed E-state index contributed by atoms with van der Waals surface area (Å²) in [5.41, 5.74) is 2.00. The van der Waals surface area contributed by atoms with E-state index in [1.807, 2.05) is 24.3 Å². The molecule has 1 N–H and O–H groups in total. The summed E-state index contributed by atoms with van der Waals surface area (Å²) in [6.45, 7) is 2.79. The molecule has 0 fully saturated rings. The van der Waals surface area contributed by atoms with Crippen molar-refractivity contribution in [3.05, 3.63) is 114 Å². The number of carbonyl (C=O) groups excluding carboxylic acids is 3. The van der Waals surface area contributed by atoms with Crippen LogP contribution in [0.4, 0.5) is 10.1 Å². The number of Topliss-reactive ketones (excluding diaryl/α,β-unsaturated/α-hetero) is 1. The quantitative estimate of drug-likeness (QED) is 0.263. The van der Waals surface area contributed by atoms with E-state index >= 15 is 0 Å². The molecule has 0 aliphatic heterocycles. The molecule has 0 aliphatic rings. The number of hydrogen-bond donors (Lipinski definition) is 1. The van der Waals surface area contributed by atoms with E-state index in [1.165, 1.54) is 24.3 Å². The molecule has 0 unspecified atom stereocenters. The molecule has 7 heteroatoms. The van der Waals surface area contributed by atoms with E-state index in [0.29, 0.717) is 16.7 Å². The van der Waals surface area contributed by atoms with Gasteiger partial charge in [0, 0.05) is 29.4 Å². The molecule has 0 bridgehead atoms. The Labute approximate surface area is 220 Å². The van der Waals surface area contributed by atoms with Gasteiger partial charge in [-0.1, -0.05) is 60.7 Å². The van der Waals surface area contributed by atoms with Crippen molar-refractivity contribution in [2.45, 2.75) is 25.9 Å². The van der Waals surface area contributed by atoms with Crippen molar-refractivity contribution in [2.75, 3.05) is 4.90 Å². The van der Waals surface area contributed by atoms with Gasteiger partial charge in [0.25, 0.3) is 5.91 Å². The van der Waals surface area contributed by atoms with Crippen LogP contribution in [-0.2, 0) is 14.4 Å². The lowest BCUT2D eigenvalue weighted by Crippen LogP contribution is -2.46. The molecule has 0 radical (unpaired) electrons. The number of para-hydroxylation sites is 1. The van der Waals surface area contributed by atoms with Crippen LogP contribution in [0.3, 0.4) is 0 Å². The molecule has 1 aromatic heterocycles. The van der Waals surface area contributed by atoms with Crippen LogP contribution in [0.2, 0.25) is 0 Å². The number of benzene rings is 4. The van der Waals surface area contributed by atoms with Gasteiger partial charge in [-0.2, -0.15) is 0 Å².